The monoisotopic (exact) mass is 412 g/mol. The first-order valence-electron chi connectivity index (χ1n) is 9.14. The molecule has 0 radical (unpaired) electrons. The Labute approximate surface area is 176 Å². The zero-order valence-corrected chi connectivity index (χ0v) is 17.3. The zero-order chi connectivity index (χ0) is 21.2. The molecule has 0 bridgehead atoms. The first-order valence-corrected chi connectivity index (χ1v) is 9.51. The molecule has 5 nitrogen and oxygen atoms in total. The fourth-order valence-electron chi connectivity index (χ4n) is 2.82. The van der Waals surface area contributed by atoms with Gasteiger partial charge in [-0.05, 0) is 29.2 Å². The lowest BCUT2D eigenvalue weighted by atomic mass is 10.0. The minimum atomic E-state index is -0.718. The number of halogens is 1. The van der Waals surface area contributed by atoms with Crippen LogP contribution in [0.5, 0.6) is 0 Å². The minimum Gasteiger partial charge on any atom is -0.468 e. The summed E-state index contributed by atoms with van der Waals surface area (Å²) in [5.41, 5.74) is 9.01. The molecule has 2 aromatic carbocycles. The second-order valence-electron chi connectivity index (χ2n) is 6.66. The lowest BCUT2D eigenvalue weighted by molar-refractivity contribution is -0.142. The Morgan fingerprint density at radius 3 is 2.38 bits per heavy atom. The van der Waals surface area contributed by atoms with E-state index in [0.29, 0.717) is 23.6 Å². The van der Waals surface area contributed by atoms with E-state index in [9.17, 15) is 9.59 Å². The zero-order valence-electron chi connectivity index (χ0n) is 16.5. The van der Waals surface area contributed by atoms with E-state index in [-0.39, 0.29) is 0 Å². The van der Waals surface area contributed by atoms with E-state index in [1.54, 1.807) is 24.4 Å². The SMILES string of the molecule is COC(=O)[C@@H](N)Cc1ccc(/C(C=O)=C/C(Cl)=C\N(C)Cc2ccccc2)cc1. The highest BCUT2D eigenvalue weighted by molar-refractivity contribution is 6.32. The summed E-state index contributed by atoms with van der Waals surface area (Å²) < 4.78 is 4.63. The number of aldehydes is 1. The summed E-state index contributed by atoms with van der Waals surface area (Å²) in [7, 11) is 3.23. The van der Waals surface area contributed by atoms with Crippen molar-refractivity contribution < 1.29 is 14.3 Å². The molecule has 152 valence electrons. The Morgan fingerprint density at radius 1 is 1.14 bits per heavy atom. The molecule has 2 N–H and O–H groups in total. The number of carbonyl (C=O) groups is 2. The van der Waals surface area contributed by atoms with Gasteiger partial charge in [0.15, 0.2) is 6.29 Å². The van der Waals surface area contributed by atoms with Gasteiger partial charge < -0.3 is 15.4 Å². The second-order valence-corrected chi connectivity index (χ2v) is 7.10. The molecule has 6 heteroatoms. The van der Waals surface area contributed by atoms with Crippen LogP contribution in [0.4, 0.5) is 0 Å². The lowest BCUT2D eigenvalue weighted by Crippen LogP contribution is -2.33. The molecule has 0 spiro atoms. The van der Waals surface area contributed by atoms with Crippen molar-refractivity contribution in [2.24, 2.45) is 5.73 Å². The van der Waals surface area contributed by atoms with Crippen molar-refractivity contribution in [3.05, 3.63) is 88.6 Å². The van der Waals surface area contributed by atoms with Gasteiger partial charge >= 0.3 is 5.97 Å². The number of ether oxygens (including phenoxy) is 1. The number of methoxy groups -OCH3 is 1. The van der Waals surface area contributed by atoms with Crippen LogP contribution in [-0.2, 0) is 27.3 Å². The van der Waals surface area contributed by atoms with Gasteiger partial charge in [-0.25, -0.2) is 0 Å². The van der Waals surface area contributed by atoms with Gasteiger partial charge in [0.05, 0.1) is 12.1 Å². The first kappa shape index (κ1) is 22.4. The summed E-state index contributed by atoms with van der Waals surface area (Å²) in [6, 6.07) is 16.6. The van der Waals surface area contributed by atoms with E-state index < -0.39 is 12.0 Å². The summed E-state index contributed by atoms with van der Waals surface area (Å²) in [5, 5.41) is 0.447. The van der Waals surface area contributed by atoms with Gasteiger partial charge in [0.2, 0.25) is 0 Å². The van der Waals surface area contributed by atoms with E-state index >= 15 is 0 Å². The Kier molecular flexibility index (Phi) is 8.65. The fourth-order valence-corrected chi connectivity index (χ4v) is 3.10. The number of benzene rings is 2. The number of esters is 1. The minimum absolute atomic E-state index is 0.359. The predicted molar refractivity (Wildman–Crippen MR) is 116 cm³/mol. The van der Waals surface area contributed by atoms with Crippen LogP contribution in [0.3, 0.4) is 0 Å². The number of carbonyl (C=O) groups excluding carboxylic acids is 2. The highest BCUT2D eigenvalue weighted by atomic mass is 35.5. The molecular formula is C23H25ClN2O3. The maximum Gasteiger partial charge on any atom is 0.322 e. The van der Waals surface area contributed by atoms with E-state index in [1.807, 2.05) is 54.4 Å². The molecule has 29 heavy (non-hydrogen) atoms. The molecule has 0 saturated carbocycles. The third-order valence-electron chi connectivity index (χ3n) is 4.29. The molecule has 2 aromatic rings. The molecule has 0 aliphatic rings. The summed E-state index contributed by atoms with van der Waals surface area (Å²) in [6.45, 7) is 0.705. The molecular weight excluding hydrogens is 388 g/mol. The highest BCUT2D eigenvalue weighted by Crippen LogP contribution is 2.19. The van der Waals surface area contributed by atoms with Gasteiger partial charge in [0.1, 0.15) is 6.04 Å². The van der Waals surface area contributed by atoms with Gasteiger partial charge in [-0.15, -0.1) is 0 Å². The summed E-state index contributed by atoms with van der Waals surface area (Å²) in [6.07, 6.45) is 4.54. The van der Waals surface area contributed by atoms with Crippen molar-refractivity contribution in [1.29, 1.82) is 0 Å². The molecule has 0 saturated heterocycles. The standard InChI is InChI=1S/C23H25ClN2O3/c1-26(14-18-6-4-3-5-7-18)15-21(24)13-20(16-27)19-10-8-17(9-11-19)12-22(25)23(28)29-2/h3-11,13,15-16,22H,12,14,25H2,1-2H3/b20-13+,21-15+/t22-/m0/s1. The number of nitrogens with zero attached hydrogens (tertiary/aromatic N) is 1. The Bertz CT molecular complexity index is 877. The molecule has 0 unspecified atom stereocenters. The van der Waals surface area contributed by atoms with E-state index in [2.05, 4.69) is 4.74 Å². The maximum absolute atomic E-state index is 11.6. The van der Waals surface area contributed by atoms with Crippen molar-refractivity contribution in [2.75, 3.05) is 14.2 Å². The van der Waals surface area contributed by atoms with Crippen LogP contribution in [0.25, 0.3) is 5.57 Å². The molecule has 0 aromatic heterocycles. The molecule has 1 atom stereocenters. The number of rotatable bonds is 9. The highest BCUT2D eigenvalue weighted by Gasteiger charge is 2.14. The number of nitrogens with two attached hydrogens (primary N) is 1. The third kappa shape index (κ3) is 7.22. The molecule has 0 amide bonds. The molecule has 0 aliphatic heterocycles. The second kappa shape index (κ2) is 11.2. The van der Waals surface area contributed by atoms with Crippen LogP contribution in [-0.4, -0.2) is 37.4 Å². The average molecular weight is 413 g/mol. The van der Waals surface area contributed by atoms with Crippen molar-refractivity contribution in [3.63, 3.8) is 0 Å². The number of allylic oxidation sites excluding steroid dienone is 3. The van der Waals surface area contributed by atoms with Crippen LogP contribution >= 0.6 is 11.6 Å². The summed E-state index contributed by atoms with van der Waals surface area (Å²) in [4.78, 5) is 24.9. The van der Waals surface area contributed by atoms with Crippen molar-refractivity contribution in [2.45, 2.75) is 19.0 Å². The molecule has 2 rings (SSSR count). The normalized spacial score (nSPS) is 13.0. The topological polar surface area (TPSA) is 72.6 Å². The molecule has 0 heterocycles. The van der Waals surface area contributed by atoms with Gasteiger partial charge in [0.25, 0.3) is 0 Å². The van der Waals surface area contributed by atoms with Gasteiger partial charge in [-0.1, -0.05) is 66.2 Å². The van der Waals surface area contributed by atoms with Gasteiger partial charge in [-0.2, -0.15) is 0 Å². The Balaban J connectivity index is 2.07. The van der Waals surface area contributed by atoms with Crippen LogP contribution in [0.15, 0.2) is 71.9 Å². The van der Waals surface area contributed by atoms with Gasteiger partial charge in [-0.3, -0.25) is 9.59 Å². The first-order chi connectivity index (χ1) is 13.9. The van der Waals surface area contributed by atoms with Crippen molar-refractivity contribution in [1.82, 2.24) is 4.90 Å². The quantitative estimate of drug-likeness (QED) is 0.295. The number of hydrogen-bond donors (Lipinski definition) is 1. The van der Waals surface area contributed by atoms with E-state index in [1.165, 1.54) is 7.11 Å². The average Bonchev–Trinajstić information content (AvgIpc) is 2.72. The third-order valence-corrected chi connectivity index (χ3v) is 4.49. The Hall–Kier alpha value is -2.89. The molecule has 0 fully saturated rings. The number of hydrogen-bond acceptors (Lipinski definition) is 5. The van der Waals surface area contributed by atoms with Crippen LogP contribution in [0.2, 0.25) is 0 Å². The summed E-state index contributed by atoms with van der Waals surface area (Å²) in [5.74, 6) is -0.459. The fraction of sp³-hybridized carbons (Fsp3) is 0.217. The van der Waals surface area contributed by atoms with Crippen LogP contribution in [0.1, 0.15) is 16.7 Å². The smallest absolute Gasteiger partial charge is 0.322 e. The van der Waals surface area contributed by atoms with E-state index in [0.717, 1.165) is 23.0 Å². The molecule has 0 aliphatic carbocycles. The summed E-state index contributed by atoms with van der Waals surface area (Å²) >= 11 is 6.33. The van der Waals surface area contributed by atoms with Crippen molar-refractivity contribution >= 4 is 29.4 Å². The van der Waals surface area contributed by atoms with Crippen molar-refractivity contribution in [3.8, 4) is 0 Å². The maximum atomic E-state index is 11.6. The largest absolute Gasteiger partial charge is 0.468 e. The van der Waals surface area contributed by atoms with E-state index in [4.69, 9.17) is 17.3 Å². The lowest BCUT2D eigenvalue weighted by Gasteiger charge is -2.14. The van der Waals surface area contributed by atoms with Gasteiger partial charge in [0, 0.05) is 25.4 Å². The Morgan fingerprint density at radius 2 is 1.79 bits per heavy atom. The predicted octanol–water partition coefficient (Wildman–Crippen LogP) is 3.52. The van der Waals surface area contributed by atoms with Crippen LogP contribution in [0, 0.1) is 0 Å². The van der Waals surface area contributed by atoms with Crippen LogP contribution < -0.4 is 5.73 Å².